The van der Waals surface area contributed by atoms with Crippen LogP contribution in [0.5, 0.6) is 11.5 Å². The van der Waals surface area contributed by atoms with Crippen molar-refractivity contribution in [3.63, 3.8) is 0 Å². The number of nitriles is 1. The van der Waals surface area contributed by atoms with E-state index in [0.717, 1.165) is 55.4 Å². The molecule has 0 amide bonds. The Balaban J connectivity index is 1.51. The quantitative estimate of drug-likeness (QED) is 0.556. The van der Waals surface area contributed by atoms with E-state index in [2.05, 4.69) is 38.4 Å². The van der Waals surface area contributed by atoms with Gasteiger partial charge in [0.25, 0.3) is 0 Å². The lowest BCUT2D eigenvalue weighted by Gasteiger charge is -2.26. The Morgan fingerprint density at radius 3 is 2.55 bits per heavy atom. The first-order valence-corrected chi connectivity index (χ1v) is 10.9. The average Bonchev–Trinajstić information content (AvgIpc) is 2.85. The number of methoxy groups -OCH3 is 1. The minimum atomic E-state index is 0.472. The summed E-state index contributed by atoms with van der Waals surface area (Å²) in [7, 11) is 1.65. The van der Waals surface area contributed by atoms with E-state index in [0.29, 0.717) is 23.9 Å². The van der Waals surface area contributed by atoms with E-state index in [9.17, 15) is 5.26 Å². The summed E-state index contributed by atoms with van der Waals surface area (Å²) in [5.41, 5.74) is 4.21. The fraction of sp³-hybridized carbons (Fsp3) is 0.320. The van der Waals surface area contributed by atoms with Crippen molar-refractivity contribution >= 4 is 11.6 Å². The number of ether oxygens (including phenoxy) is 3. The van der Waals surface area contributed by atoms with Gasteiger partial charge in [-0.2, -0.15) is 5.26 Å². The molecule has 1 aliphatic rings. The Hall–Kier alpha value is -3.67. The summed E-state index contributed by atoms with van der Waals surface area (Å²) in [5.74, 6) is 1.75. The van der Waals surface area contributed by atoms with Crippen LogP contribution in [0.3, 0.4) is 0 Å². The molecule has 8 heteroatoms. The van der Waals surface area contributed by atoms with Gasteiger partial charge in [0.05, 0.1) is 38.2 Å². The van der Waals surface area contributed by atoms with Crippen molar-refractivity contribution < 1.29 is 14.2 Å². The van der Waals surface area contributed by atoms with E-state index >= 15 is 0 Å². The molecule has 2 heterocycles. The SMILES string of the molecule is CCOc1cc(-c2cnc(Nc3cc(CN4CCOCC4)ccc3OC)nc2)ccc1C#N. The second kappa shape index (κ2) is 10.8. The van der Waals surface area contributed by atoms with Crippen molar-refractivity contribution in [2.75, 3.05) is 45.3 Å². The third kappa shape index (κ3) is 5.58. The fourth-order valence-corrected chi connectivity index (χ4v) is 3.70. The molecule has 1 N–H and O–H groups in total. The Kier molecular flexibility index (Phi) is 7.35. The van der Waals surface area contributed by atoms with Crippen LogP contribution >= 0.6 is 0 Å². The van der Waals surface area contributed by atoms with Gasteiger partial charge in [-0.15, -0.1) is 0 Å². The van der Waals surface area contributed by atoms with Crippen LogP contribution in [0.2, 0.25) is 0 Å². The molecule has 0 saturated carbocycles. The molecule has 0 spiro atoms. The maximum absolute atomic E-state index is 9.26. The van der Waals surface area contributed by atoms with Crippen molar-refractivity contribution in [2.45, 2.75) is 13.5 Å². The van der Waals surface area contributed by atoms with Gasteiger partial charge in [0, 0.05) is 37.6 Å². The van der Waals surface area contributed by atoms with E-state index in [1.807, 2.05) is 25.1 Å². The molecule has 3 aromatic rings. The summed E-state index contributed by atoms with van der Waals surface area (Å²) < 4.78 is 16.5. The third-order valence-electron chi connectivity index (χ3n) is 5.41. The van der Waals surface area contributed by atoms with Crippen molar-refractivity contribution in [1.29, 1.82) is 5.26 Å². The number of anilines is 2. The summed E-state index contributed by atoms with van der Waals surface area (Å²) in [6, 6.07) is 13.7. The highest BCUT2D eigenvalue weighted by atomic mass is 16.5. The normalized spacial score (nSPS) is 13.8. The van der Waals surface area contributed by atoms with Crippen LogP contribution in [0, 0.1) is 11.3 Å². The topological polar surface area (TPSA) is 92.5 Å². The van der Waals surface area contributed by atoms with Gasteiger partial charge in [-0.25, -0.2) is 9.97 Å². The van der Waals surface area contributed by atoms with Crippen molar-refractivity contribution in [1.82, 2.24) is 14.9 Å². The van der Waals surface area contributed by atoms with Crippen molar-refractivity contribution in [2.24, 2.45) is 0 Å². The van der Waals surface area contributed by atoms with Crippen LogP contribution in [0.1, 0.15) is 18.1 Å². The van der Waals surface area contributed by atoms with Gasteiger partial charge in [-0.05, 0) is 42.3 Å². The number of hydrogen-bond donors (Lipinski definition) is 1. The molecule has 1 saturated heterocycles. The zero-order valence-electron chi connectivity index (χ0n) is 18.9. The number of nitrogens with zero attached hydrogens (tertiary/aromatic N) is 4. The Morgan fingerprint density at radius 1 is 1.06 bits per heavy atom. The molecule has 0 bridgehead atoms. The maximum atomic E-state index is 9.26. The highest BCUT2D eigenvalue weighted by molar-refractivity contribution is 5.68. The Labute approximate surface area is 193 Å². The zero-order valence-corrected chi connectivity index (χ0v) is 18.9. The smallest absolute Gasteiger partial charge is 0.227 e. The molecule has 1 aliphatic heterocycles. The van der Waals surface area contributed by atoms with E-state index in [1.54, 1.807) is 25.6 Å². The van der Waals surface area contributed by atoms with Crippen LogP contribution in [-0.2, 0) is 11.3 Å². The van der Waals surface area contributed by atoms with Crippen LogP contribution in [-0.4, -0.2) is 54.9 Å². The first kappa shape index (κ1) is 22.5. The minimum Gasteiger partial charge on any atom is -0.495 e. The van der Waals surface area contributed by atoms with Crippen LogP contribution in [0.15, 0.2) is 48.8 Å². The predicted octanol–water partition coefficient (Wildman–Crippen LogP) is 4.00. The van der Waals surface area contributed by atoms with Gasteiger partial charge < -0.3 is 19.5 Å². The van der Waals surface area contributed by atoms with Gasteiger partial charge in [0.2, 0.25) is 5.95 Å². The number of hydrogen-bond acceptors (Lipinski definition) is 8. The number of morpholine rings is 1. The fourth-order valence-electron chi connectivity index (χ4n) is 3.70. The molecule has 4 rings (SSSR count). The molecule has 0 unspecified atom stereocenters. The molecule has 2 aromatic carbocycles. The number of rotatable bonds is 8. The predicted molar refractivity (Wildman–Crippen MR) is 126 cm³/mol. The number of nitrogens with one attached hydrogen (secondary N) is 1. The van der Waals surface area contributed by atoms with Gasteiger partial charge in [-0.3, -0.25) is 4.90 Å². The Bertz CT molecular complexity index is 1120. The largest absolute Gasteiger partial charge is 0.495 e. The molecule has 0 aliphatic carbocycles. The lowest BCUT2D eigenvalue weighted by molar-refractivity contribution is 0.0342. The van der Waals surface area contributed by atoms with E-state index in [4.69, 9.17) is 14.2 Å². The summed E-state index contributed by atoms with van der Waals surface area (Å²) >= 11 is 0. The monoisotopic (exact) mass is 445 g/mol. The van der Waals surface area contributed by atoms with E-state index in [1.165, 1.54) is 5.56 Å². The second-order valence-electron chi connectivity index (χ2n) is 7.60. The highest BCUT2D eigenvalue weighted by Gasteiger charge is 2.13. The molecule has 33 heavy (non-hydrogen) atoms. The van der Waals surface area contributed by atoms with E-state index < -0.39 is 0 Å². The van der Waals surface area contributed by atoms with Gasteiger partial charge >= 0.3 is 0 Å². The molecule has 0 radical (unpaired) electrons. The molecule has 0 atom stereocenters. The molecule has 1 fully saturated rings. The summed E-state index contributed by atoms with van der Waals surface area (Å²) in [4.78, 5) is 11.3. The van der Waals surface area contributed by atoms with Gasteiger partial charge in [-0.1, -0.05) is 12.1 Å². The maximum Gasteiger partial charge on any atom is 0.227 e. The van der Waals surface area contributed by atoms with Crippen molar-refractivity contribution in [3.8, 4) is 28.7 Å². The van der Waals surface area contributed by atoms with Crippen LogP contribution in [0.25, 0.3) is 11.1 Å². The minimum absolute atomic E-state index is 0.472. The first-order chi connectivity index (χ1) is 16.2. The molecule has 170 valence electrons. The van der Waals surface area contributed by atoms with Crippen LogP contribution in [0.4, 0.5) is 11.6 Å². The molecular weight excluding hydrogens is 418 g/mol. The standard InChI is InChI=1S/C25H27N5O3/c1-3-33-24-13-19(5-6-20(24)14-26)21-15-27-25(28-16-21)29-22-12-18(4-7-23(22)31-2)17-30-8-10-32-11-9-30/h4-7,12-13,15-16H,3,8-11,17H2,1-2H3,(H,27,28,29). The average molecular weight is 446 g/mol. The summed E-state index contributed by atoms with van der Waals surface area (Å²) in [5, 5.41) is 12.5. The zero-order chi connectivity index (χ0) is 23.0. The second-order valence-corrected chi connectivity index (χ2v) is 7.60. The third-order valence-corrected chi connectivity index (χ3v) is 5.41. The highest BCUT2D eigenvalue weighted by Crippen LogP contribution is 2.30. The summed E-state index contributed by atoms with van der Waals surface area (Å²) in [6.45, 7) is 6.63. The van der Waals surface area contributed by atoms with Crippen molar-refractivity contribution in [3.05, 3.63) is 59.9 Å². The van der Waals surface area contributed by atoms with Gasteiger partial charge in [0.15, 0.2) is 0 Å². The number of aromatic nitrogens is 2. The lowest BCUT2D eigenvalue weighted by atomic mass is 10.1. The van der Waals surface area contributed by atoms with Crippen LogP contribution < -0.4 is 14.8 Å². The number of benzene rings is 2. The molecule has 8 nitrogen and oxygen atoms in total. The van der Waals surface area contributed by atoms with Gasteiger partial charge in [0.1, 0.15) is 17.6 Å². The molecule has 1 aromatic heterocycles. The first-order valence-electron chi connectivity index (χ1n) is 10.9. The lowest BCUT2D eigenvalue weighted by Crippen LogP contribution is -2.35. The Morgan fingerprint density at radius 2 is 1.85 bits per heavy atom. The molecular formula is C25H27N5O3. The summed E-state index contributed by atoms with van der Waals surface area (Å²) in [6.07, 6.45) is 3.49. The van der Waals surface area contributed by atoms with E-state index in [-0.39, 0.29) is 0 Å².